The van der Waals surface area contributed by atoms with Crippen LogP contribution in [0.4, 0.5) is 0 Å². The summed E-state index contributed by atoms with van der Waals surface area (Å²) in [5, 5.41) is 0. The summed E-state index contributed by atoms with van der Waals surface area (Å²) in [4.78, 5) is 14.5. The van der Waals surface area contributed by atoms with E-state index < -0.39 is 0 Å². The Morgan fingerprint density at radius 1 is 1.29 bits per heavy atom. The topological polar surface area (TPSA) is 20.3 Å². The van der Waals surface area contributed by atoms with Gasteiger partial charge in [-0.25, -0.2) is 0 Å². The van der Waals surface area contributed by atoms with Gasteiger partial charge in [0.25, 0.3) is 5.91 Å². The van der Waals surface area contributed by atoms with Crippen molar-refractivity contribution in [3.8, 4) is 0 Å². The van der Waals surface area contributed by atoms with E-state index >= 15 is 0 Å². The molecule has 0 unspecified atom stereocenters. The molecule has 0 saturated carbocycles. The normalized spacial score (nSPS) is 18.5. The maximum atomic E-state index is 12.1. The Balaban J connectivity index is 2.28. The van der Waals surface area contributed by atoms with Crippen LogP contribution in [0.25, 0.3) is 6.08 Å². The van der Waals surface area contributed by atoms with E-state index in [0.29, 0.717) is 9.23 Å². The van der Waals surface area contributed by atoms with Gasteiger partial charge >= 0.3 is 0 Å². The molecule has 0 aliphatic carbocycles. The molecule has 2 nitrogen and oxygen atoms in total. The lowest BCUT2D eigenvalue weighted by molar-refractivity contribution is -0.123. The zero-order chi connectivity index (χ0) is 12.4. The summed E-state index contributed by atoms with van der Waals surface area (Å²) in [6.45, 7) is 3.94. The van der Waals surface area contributed by atoms with Crippen molar-refractivity contribution in [2.45, 2.75) is 19.9 Å². The van der Waals surface area contributed by atoms with E-state index in [0.717, 1.165) is 5.56 Å². The predicted molar refractivity (Wildman–Crippen MR) is 76.6 cm³/mol. The first kappa shape index (κ1) is 12.3. The molecule has 1 heterocycles. The predicted octanol–water partition coefficient (Wildman–Crippen LogP) is 3.30. The van der Waals surface area contributed by atoms with Crippen molar-refractivity contribution in [3.63, 3.8) is 0 Å². The lowest BCUT2D eigenvalue weighted by Gasteiger charge is -2.18. The smallest absolute Gasteiger partial charge is 0.266 e. The lowest BCUT2D eigenvalue weighted by Crippen LogP contribution is -2.34. The molecular weight excluding hydrogens is 250 g/mol. The molecule has 1 aliphatic rings. The third-order valence-electron chi connectivity index (χ3n) is 2.44. The third kappa shape index (κ3) is 2.58. The molecule has 1 fully saturated rings. The van der Waals surface area contributed by atoms with Gasteiger partial charge in [-0.1, -0.05) is 54.3 Å². The second kappa shape index (κ2) is 5.02. The Morgan fingerprint density at radius 3 is 2.47 bits per heavy atom. The van der Waals surface area contributed by atoms with Crippen molar-refractivity contribution in [3.05, 3.63) is 40.8 Å². The van der Waals surface area contributed by atoms with Crippen molar-refractivity contribution < 1.29 is 4.79 Å². The quantitative estimate of drug-likeness (QED) is 0.603. The fraction of sp³-hybridized carbons (Fsp3) is 0.231. The number of carbonyl (C=O) groups excluding carboxylic acids is 1. The molecular formula is C13H13NOS2. The zero-order valence-electron chi connectivity index (χ0n) is 9.71. The Labute approximate surface area is 111 Å². The van der Waals surface area contributed by atoms with Crippen LogP contribution in [-0.4, -0.2) is 21.2 Å². The zero-order valence-corrected chi connectivity index (χ0v) is 11.3. The lowest BCUT2D eigenvalue weighted by atomic mass is 10.2. The molecule has 0 spiro atoms. The number of amides is 1. The van der Waals surface area contributed by atoms with Crippen LogP contribution in [0, 0.1) is 0 Å². The molecule has 0 aromatic heterocycles. The van der Waals surface area contributed by atoms with Gasteiger partial charge in [0.1, 0.15) is 4.32 Å². The van der Waals surface area contributed by atoms with Gasteiger partial charge in [-0.15, -0.1) is 0 Å². The summed E-state index contributed by atoms with van der Waals surface area (Å²) in [5.74, 6) is 0.0128. The molecule has 1 aromatic rings. The number of hydrogen-bond acceptors (Lipinski definition) is 3. The number of hydrogen-bond donors (Lipinski definition) is 0. The Hall–Kier alpha value is -1.13. The summed E-state index contributed by atoms with van der Waals surface area (Å²) < 4.78 is 0.646. The van der Waals surface area contributed by atoms with Gasteiger partial charge in [-0.2, -0.15) is 0 Å². The molecule has 1 saturated heterocycles. The van der Waals surface area contributed by atoms with Crippen LogP contribution >= 0.6 is 24.0 Å². The average Bonchev–Trinajstić information content (AvgIpc) is 2.55. The van der Waals surface area contributed by atoms with E-state index in [9.17, 15) is 4.79 Å². The van der Waals surface area contributed by atoms with E-state index in [2.05, 4.69) is 0 Å². The highest BCUT2D eigenvalue weighted by molar-refractivity contribution is 8.26. The monoisotopic (exact) mass is 263 g/mol. The molecule has 88 valence electrons. The standard InChI is InChI=1S/C13H13NOS2/c1-9(2)14-12(15)11(17-13(14)16)8-10-6-4-3-5-7-10/h3-9H,1-2H3. The number of thioether (sulfide) groups is 1. The molecule has 1 aliphatic heterocycles. The van der Waals surface area contributed by atoms with Gasteiger partial charge in [0, 0.05) is 6.04 Å². The fourth-order valence-electron chi connectivity index (χ4n) is 1.63. The first-order chi connectivity index (χ1) is 8.09. The van der Waals surface area contributed by atoms with Crippen LogP contribution in [0.5, 0.6) is 0 Å². The molecule has 0 radical (unpaired) electrons. The number of carbonyl (C=O) groups is 1. The van der Waals surface area contributed by atoms with Crippen molar-refractivity contribution in [2.24, 2.45) is 0 Å². The highest BCUT2D eigenvalue weighted by Gasteiger charge is 2.33. The van der Waals surface area contributed by atoms with Crippen LogP contribution in [0.15, 0.2) is 35.2 Å². The van der Waals surface area contributed by atoms with Crippen LogP contribution < -0.4 is 0 Å². The molecule has 0 atom stereocenters. The SMILES string of the molecule is CC(C)N1C(=O)C(=Cc2ccccc2)SC1=S. The highest BCUT2D eigenvalue weighted by atomic mass is 32.2. The van der Waals surface area contributed by atoms with Gasteiger partial charge in [0.15, 0.2) is 0 Å². The second-order valence-electron chi connectivity index (χ2n) is 4.06. The number of thiocarbonyl (C=S) groups is 1. The van der Waals surface area contributed by atoms with Crippen LogP contribution in [0.1, 0.15) is 19.4 Å². The molecule has 1 amide bonds. The summed E-state index contributed by atoms with van der Waals surface area (Å²) in [6.07, 6.45) is 1.89. The van der Waals surface area contributed by atoms with E-state index in [-0.39, 0.29) is 11.9 Å². The van der Waals surface area contributed by atoms with E-state index in [1.165, 1.54) is 11.8 Å². The maximum absolute atomic E-state index is 12.1. The summed E-state index contributed by atoms with van der Waals surface area (Å²) >= 11 is 6.59. The molecule has 0 bridgehead atoms. The van der Waals surface area contributed by atoms with Gasteiger partial charge < -0.3 is 0 Å². The van der Waals surface area contributed by atoms with E-state index in [1.807, 2.05) is 50.3 Å². The van der Waals surface area contributed by atoms with Gasteiger partial charge in [-0.3, -0.25) is 9.69 Å². The Morgan fingerprint density at radius 2 is 1.94 bits per heavy atom. The first-order valence-electron chi connectivity index (χ1n) is 5.41. The minimum Gasteiger partial charge on any atom is -0.290 e. The van der Waals surface area contributed by atoms with Gasteiger partial charge in [-0.05, 0) is 25.5 Å². The average molecular weight is 263 g/mol. The van der Waals surface area contributed by atoms with Crippen molar-refractivity contribution >= 4 is 40.3 Å². The van der Waals surface area contributed by atoms with E-state index in [1.54, 1.807) is 4.90 Å². The summed E-state index contributed by atoms with van der Waals surface area (Å²) in [6, 6.07) is 9.93. The first-order valence-corrected chi connectivity index (χ1v) is 6.64. The molecule has 4 heteroatoms. The number of nitrogens with zero attached hydrogens (tertiary/aromatic N) is 1. The van der Waals surface area contributed by atoms with Crippen molar-refractivity contribution in [1.29, 1.82) is 0 Å². The second-order valence-corrected chi connectivity index (χ2v) is 5.73. The minimum absolute atomic E-state index is 0.0128. The van der Waals surface area contributed by atoms with E-state index in [4.69, 9.17) is 12.2 Å². The number of rotatable bonds is 2. The molecule has 1 aromatic carbocycles. The fourth-order valence-corrected chi connectivity index (χ4v) is 3.15. The van der Waals surface area contributed by atoms with Crippen LogP contribution in [-0.2, 0) is 4.79 Å². The minimum atomic E-state index is 0.0128. The number of benzene rings is 1. The molecule has 2 rings (SSSR count). The van der Waals surface area contributed by atoms with Crippen molar-refractivity contribution in [2.75, 3.05) is 0 Å². The Kier molecular flexibility index (Phi) is 3.64. The molecule has 17 heavy (non-hydrogen) atoms. The Bertz CT molecular complexity index is 479. The van der Waals surface area contributed by atoms with Crippen LogP contribution in [0.3, 0.4) is 0 Å². The molecule has 0 N–H and O–H groups in total. The maximum Gasteiger partial charge on any atom is 0.266 e. The largest absolute Gasteiger partial charge is 0.290 e. The summed E-state index contributed by atoms with van der Waals surface area (Å²) in [7, 11) is 0. The van der Waals surface area contributed by atoms with Crippen LogP contribution in [0.2, 0.25) is 0 Å². The van der Waals surface area contributed by atoms with Crippen molar-refractivity contribution in [1.82, 2.24) is 4.90 Å². The summed E-state index contributed by atoms with van der Waals surface area (Å²) in [5.41, 5.74) is 1.02. The van der Waals surface area contributed by atoms with Gasteiger partial charge in [0.05, 0.1) is 4.91 Å². The van der Waals surface area contributed by atoms with Gasteiger partial charge in [0.2, 0.25) is 0 Å². The third-order valence-corrected chi connectivity index (χ3v) is 3.77. The highest BCUT2D eigenvalue weighted by Crippen LogP contribution is 2.33.